The highest BCUT2D eigenvalue weighted by Gasteiger charge is 2.25. The highest BCUT2D eigenvalue weighted by molar-refractivity contribution is 6.34. The molecule has 1 aromatic heterocycles. The second kappa shape index (κ2) is 9.74. The van der Waals surface area contributed by atoms with Crippen LogP contribution in [0.3, 0.4) is 0 Å². The van der Waals surface area contributed by atoms with Crippen molar-refractivity contribution in [2.24, 2.45) is 7.05 Å². The van der Waals surface area contributed by atoms with E-state index in [1.807, 2.05) is 0 Å². The third kappa shape index (κ3) is 5.15. The molecule has 1 heterocycles. The molecule has 2 amide bonds. The van der Waals surface area contributed by atoms with Gasteiger partial charge in [0.25, 0.3) is 5.56 Å². The number of carbonyl (C=O) groups excluding carboxylic acids is 1. The summed E-state index contributed by atoms with van der Waals surface area (Å²) in [5, 5.41) is 24.7. The molecule has 0 aliphatic rings. The molecular formula is C23H21ClFN3O5. The standard InChI is InChI=1S/C23H21ClFN3O5/c1-12-11-28(2)21(30)19(20(12)29)27-23(33)26-10-17(22(31)32)16-5-3-4-15(18(16)24)13-6-8-14(25)9-7-13/h3-9,11,17,29H,10H2,1-2H3,(H,31,32)(H2,26,27,33). The number of carboxylic acid groups (broad SMARTS) is 1. The number of hydrogen-bond donors (Lipinski definition) is 4. The lowest BCUT2D eigenvalue weighted by Crippen LogP contribution is -2.36. The molecule has 0 radical (unpaired) electrons. The molecule has 3 rings (SSSR count). The zero-order chi connectivity index (χ0) is 24.3. The predicted molar refractivity (Wildman–Crippen MR) is 122 cm³/mol. The molecule has 0 aliphatic heterocycles. The maximum atomic E-state index is 13.2. The number of carboxylic acids is 1. The van der Waals surface area contributed by atoms with E-state index in [2.05, 4.69) is 10.6 Å². The maximum absolute atomic E-state index is 13.2. The maximum Gasteiger partial charge on any atom is 0.319 e. The van der Waals surface area contributed by atoms with E-state index in [9.17, 15) is 29.0 Å². The van der Waals surface area contributed by atoms with Gasteiger partial charge in [-0.3, -0.25) is 9.59 Å². The van der Waals surface area contributed by atoms with Gasteiger partial charge in [-0.2, -0.15) is 0 Å². The van der Waals surface area contributed by atoms with Crippen LogP contribution in [0.15, 0.2) is 53.5 Å². The Hall–Kier alpha value is -3.85. The Bertz CT molecular complexity index is 1270. The Kier molecular flexibility index (Phi) is 7.03. The second-order valence-electron chi connectivity index (χ2n) is 7.39. The first-order valence-electron chi connectivity index (χ1n) is 9.81. The number of rotatable bonds is 6. The summed E-state index contributed by atoms with van der Waals surface area (Å²) in [6.45, 7) is 1.22. The highest BCUT2D eigenvalue weighted by Crippen LogP contribution is 2.34. The van der Waals surface area contributed by atoms with Crippen LogP contribution in [0, 0.1) is 12.7 Å². The zero-order valence-electron chi connectivity index (χ0n) is 17.7. The summed E-state index contributed by atoms with van der Waals surface area (Å²) >= 11 is 6.48. The van der Waals surface area contributed by atoms with Gasteiger partial charge in [0.05, 0.1) is 5.02 Å². The molecule has 1 unspecified atom stereocenters. The Balaban J connectivity index is 1.82. The van der Waals surface area contributed by atoms with Crippen LogP contribution >= 0.6 is 11.6 Å². The van der Waals surface area contributed by atoms with Crippen LogP contribution in [0.4, 0.5) is 14.9 Å². The van der Waals surface area contributed by atoms with Gasteiger partial charge in [-0.05, 0) is 30.2 Å². The van der Waals surface area contributed by atoms with Crippen LogP contribution in [0.5, 0.6) is 5.75 Å². The number of aromatic nitrogens is 1. The summed E-state index contributed by atoms with van der Waals surface area (Å²) in [4.78, 5) is 36.5. The predicted octanol–water partition coefficient (Wildman–Crippen LogP) is 3.85. The topological polar surface area (TPSA) is 121 Å². The molecule has 0 saturated carbocycles. The van der Waals surface area contributed by atoms with Gasteiger partial charge in [0, 0.05) is 30.9 Å². The van der Waals surface area contributed by atoms with Crippen molar-refractivity contribution in [3.63, 3.8) is 0 Å². The van der Waals surface area contributed by atoms with Crippen LogP contribution in [0.25, 0.3) is 11.1 Å². The van der Waals surface area contributed by atoms with Crippen molar-refractivity contribution in [1.82, 2.24) is 9.88 Å². The molecular weight excluding hydrogens is 453 g/mol. The SMILES string of the molecule is Cc1cn(C)c(=O)c(NC(=O)NCC(C(=O)O)c2cccc(-c3ccc(F)cc3)c2Cl)c1O. The largest absolute Gasteiger partial charge is 0.505 e. The first-order valence-corrected chi connectivity index (χ1v) is 10.2. The normalized spacial score (nSPS) is 11.6. The number of halogens is 2. The van der Waals surface area contributed by atoms with Crippen LogP contribution in [0.1, 0.15) is 17.0 Å². The summed E-state index contributed by atoms with van der Waals surface area (Å²) < 4.78 is 14.4. The van der Waals surface area contributed by atoms with Crippen molar-refractivity contribution in [1.29, 1.82) is 0 Å². The Morgan fingerprint density at radius 2 is 1.85 bits per heavy atom. The summed E-state index contributed by atoms with van der Waals surface area (Å²) in [5.41, 5.74) is 0.791. The number of hydrogen-bond acceptors (Lipinski definition) is 4. The number of aryl methyl sites for hydroxylation is 2. The molecule has 1 atom stereocenters. The number of benzene rings is 2. The van der Waals surface area contributed by atoms with E-state index in [0.717, 1.165) is 0 Å². The minimum atomic E-state index is -1.23. The smallest absolute Gasteiger partial charge is 0.319 e. The summed E-state index contributed by atoms with van der Waals surface area (Å²) in [6.07, 6.45) is 1.41. The average Bonchev–Trinajstić information content (AvgIpc) is 2.77. The van der Waals surface area contributed by atoms with Crippen LogP contribution in [0.2, 0.25) is 5.02 Å². The van der Waals surface area contributed by atoms with Crippen LogP contribution in [-0.2, 0) is 11.8 Å². The lowest BCUT2D eigenvalue weighted by molar-refractivity contribution is -0.138. The number of nitrogens with zero attached hydrogens (tertiary/aromatic N) is 1. The number of aliphatic carboxylic acids is 1. The van der Waals surface area contributed by atoms with Crippen molar-refractivity contribution in [2.75, 3.05) is 11.9 Å². The van der Waals surface area contributed by atoms with Gasteiger partial charge in [-0.15, -0.1) is 0 Å². The zero-order valence-corrected chi connectivity index (χ0v) is 18.5. The Morgan fingerprint density at radius 1 is 1.18 bits per heavy atom. The molecule has 10 heteroatoms. The molecule has 0 spiro atoms. The van der Waals surface area contributed by atoms with Gasteiger partial charge in [0.2, 0.25) is 0 Å². The lowest BCUT2D eigenvalue weighted by atomic mass is 9.94. The quantitative estimate of drug-likeness (QED) is 0.433. The first-order chi connectivity index (χ1) is 15.6. The fourth-order valence-electron chi connectivity index (χ4n) is 3.35. The minimum absolute atomic E-state index is 0.156. The van der Waals surface area contributed by atoms with Crippen molar-refractivity contribution in [2.45, 2.75) is 12.8 Å². The van der Waals surface area contributed by atoms with Crippen LogP contribution < -0.4 is 16.2 Å². The molecule has 0 fully saturated rings. The van der Waals surface area contributed by atoms with Crippen molar-refractivity contribution in [3.05, 3.63) is 81.0 Å². The molecule has 3 aromatic rings. The van der Waals surface area contributed by atoms with Gasteiger partial charge < -0.3 is 25.4 Å². The number of amides is 2. The second-order valence-corrected chi connectivity index (χ2v) is 7.77. The van der Waals surface area contributed by atoms with E-state index in [1.165, 1.54) is 48.1 Å². The monoisotopic (exact) mass is 473 g/mol. The van der Waals surface area contributed by atoms with E-state index < -0.39 is 29.3 Å². The molecule has 2 aromatic carbocycles. The van der Waals surface area contributed by atoms with E-state index in [4.69, 9.17) is 11.6 Å². The number of urea groups is 1. The van der Waals surface area contributed by atoms with Crippen molar-refractivity contribution in [3.8, 4) is 16.9 Å². The van der Waals surface area contributed by atoms with E-state index >= 15 is 0 Å². The first kappa shape index (κ1) is 23.8. The minimum Gasteiger partial charge on any atom is -0.505 e. The number of carbonyl (C=O) groups is 2. The van der Waals surface area contributed by atoms with Gasteiger partial charge >= 0.3 is 12.0 Å². The summed E-state index contributed by atoms with van der Waals surface area (Å²) in [7, 11) is 1.47. The Labute approximate surface area is 193 Å². The molecule has 172 valence electrons. The molecule has 33 heavy (non-hydrogen) atoms. The van der Waals surface area contributed by atoms with Crippen molar-refractivity contribution < 1.29 is 24.2 Å². The van der Waals surface area contributed by atoms with Crippen molar-refractivity contribution >= 4 is 29.3 Å². The average molecular weight is 474 g/mol. The molecule has 8 nitrogen and oxygen atoms in total. The molecule has 0 aliphatic carbocycles. The van der Waals surface area contributed by atoms with Gasteiger partial charge in [-0.25, -0.2) is 9.18 Å². The fraction of sp³-hybridized carbons (Fsp3) is 0.174. The number of pyridine rings is 1. The molecule has 4 N–H and O–H groups in total. The van der Waals surface area contributed by atoms with Gasteiger partial charge in [-0.1, -0.05) is 41.9 Å². The lowest BCUT2D eigenvalue weighted by Gasteiger charge is -2.18. The molecule has 0 bridgehead atoms. The number of nitrogens with one attached hydrogen (secondary N) is 2. The summed E-state index contributed by atoms with van der Waals surface area (Å²) in [5.74, 6) is -3.24. The van der Waals surface area contributed by atoms with E-state index in [1.54, 1.807) is 19.1 Å². The third-order valence-corrected chi connectivity index (χ3v) is 5.52. The summed E-state index contributed by atoms with van der Waals surface area (Å²) in [6, 6.07) is 9.53. The highest BCUT2D eigenvalue weighted by atomic mass is 35.5. The van der Waals surface area contributed by atoms with Crippen LogP contribution in [-0.4, -0.2) is 33.3 Å². The Morgan fingerprint density at radius 3 is 2.48 bits per heavy atom. The van der Waals surface area contributed by atoms with Gasteiger partial charge in [0.1, 0.15) is 17.5 Å². The molecule has 0 saturated heterocycles. The van der Waals surface area contributed by atoms with Gasteiger partial charge in [0.15, 0.2) is 5.69 Å². The number of anilines is 1. The van der Waals surface area contributed by atoms with E-state index in [-0.39, 0.29) is 28.6 Å². The number of aromatic hydroxyl groups is 1. The third-order valence-electron chi connectivity index (χ3n) is 5.09. The fourth-order valence-corrected chi connectivity index (χ4v) is 3.72. The van der Waals surface area contributed by atoms with E-state index in [0.29, 0.717) is 16.7 Å².